The van der Waals surface area contributed by atoms with Crippen molar-refractivity contribution in [1.82, 2.24) is 4.90 Å². The van der Waals surface area contributed by atoms with E-state index in [1.165, 1.54) is 12.1 Å². The van der Waals surface area contributed by atoms with Crippen molar-refractivity contribution in [3.8, 4) is 0 Å². The zero-order chi connectivity index (χ0) is 22.2. The molecular weight excluding hydrogens is 423 g/mol. The zero-order valence-electron chi connectivity index (χ0n) is 16.1. The van der Waals surface area contributed by atoms with Crippen LogP contribution in [0.15, 0.2) is 42.5 Å². The Kier molecular flexibility index (Phi) is 6.76. The number of rotatable bonds is 4. The van der Waals surface area contributed by atoms with Crippen LogP contribution in [-0.4, -0.2) is 63.3 Å². The Morgan fingerprint density at radius 3 is 2.17 bits per heavy atom. The van der Waals surface area contributed by atoms with Gasteiger partial charge in [0.2, 0.25) is 0 Å². The third-order valence-electron chi connectivity index (χ3n) is 5.65. The first kappa shape index (κ1) is 23.0. The topological polar surface area (TPSA) is 84.2 Å². The standard InChI is InChI=1S/C21H23ClF3NO4/c1-26-16(10-27)18(28)20(30)19(29)17(26)12-4-7-15(22)13(9-12)8-11-2-5-14(6-3-11)21(23,24)25/h2-7,9,16-20,27-30H,8,10H2,1H3/t16-,17+,18-,19+,20+/m1/s1. The Morgan fingerprint density at radius 2 is 1.60 bits per heavy atom. The zero-order valence-corrected chi connectivity index (χ0v) is 16.8. The van der Waals surface area contributed by atoms with Crippen LogP contribution in [0.3, 0.4) is 0 Å². The summed E-state index contributed by atoms with van der Waals surface area (Å²) in [5.41, 5.74) is 1.13. The molecule has 0 amide bonds. The van der Waals surface area contributed by atoms with E-state index >= 15 is 0 Å². The molecule has 2 aromatic rings. The second-order valence-corrected chi connectivity index (χ2v) is 7.96. The maximum Gasteiger partial charge on any atom is 0.416 e. The van der Waals surface area contributed by atoms with Gasteiger partial charge >= 0.3 is 6.18 Å². The molecule has 3 rings (SSSR count). The molecule has 0 spiro atoms. The van der Waals surface area contributed by atoms with Gasteiger partial charge in [0.05, 0.1) is 24.3 Å². The normalized spacial score (nSPS) is 28.0. The molecule has 4 N–H and O–H groups in total. The molecule has 164 valence electrons. The predicted molar refractivity (Wildman–Crippen MR) is 105 cm³/mol. The van der Waals surface area contributed by atoms with E-state index in [1.807, 2.05) is 0 Å². The Hall–Kier alpha value is -1.68. The number of aliphatic hydroxyl groups is 4. The molecular formula is C21H23ClF3NO4. The highest BCUT2D eigenvalue weighted by atomic mass is 35.5. The van der Waals surface area contributed by atoms with Crippen molar-refractivity contribution in [1.29, 1.82) is 0 Å². The number of halogens is 4. The van der Waals surface area contributed by atoms with E-state index in [9.17, 15) is 33.6 Å². The van der Waals surface area contributed by atoms with Gasteiger partial charge in [0.15, 0.2) is 0 Å². The highest BCUT2D eigenvalue weighted by Crippen LogP contribution is 2.36. The minimum Gasteiger partial charge on any atom is -0.395 e. The van der Waals surface area contributed by atoms with Crippen molar-refractivity contribution in [3.05, 3.63) is 69.7 Å². The maximum atomic E-state index is 12.8. The summed E-state index contributed by atoms with van der Waals surface area (Å²) >= 11 is 6.28. The molecule has 0 saturated carbocycles. The van der Waals surface area contributed by atoms with Crippen LogP contribution in [0.2, 0.25) is 5.02 Å². The van der Waals surface area contributed by atoms with E-state index in [4.69, 9.17) is 11.6 Å². The molecule has 1 aliphatic heterocycles. The third-order valence-corrected chi connectivity index (χ3v) is 6.02. The number of hydrogen-bond donors (Lipinski definition) is 4. The summed E-state index contributed by atoms with van der Waals surface area (Å²) < 4.78 is 38.3. The highest BCUT2D eigenvalue weighted by Gasteiger charge is 2.46. The van der Waals surface area contributed by atoms with Crippen LogP contribution in [0.5, 0.6) is 0 Å². The molecule has 1 fully saturated rings. The number of likely N-dealkylation sites (tertiary alicyclic amines) is 1. The molecule has 2 aromatic carbocycles. The van der Waals surface area contributed by atoms with Gasteiger partial charge in [-0.15, -0.1) is 0 Å². The first-order chi connectivity index (χ1) is 14.0. The van der Waals surface area contributed by atoms with Gasteiger partial charge in [-0.05, 0) is 48.4 Å². The molecule has 5 nitrogen and oxygen atoms in total. The third kappa shape index (κ3) is 4.49. The number of likely N-dealkylation sites (N-methyl/N-ethyl adjacent to an activating group) is 1. The van der Waals surface area contributed by atoms with Gasteiger partial charge in [0, 0.05) is 5.02 Å². The lowest BCUT2D eigenvalue weighted by molar-refractivity contribution is -0.166. The summed E-state index contributed by atoms with van der Waals surface area (Å²) in [6.07, 6.45) is -8.21. The van der Waals surface area contributed by atoms with E-state index in [0.717, 1.165) is 12.1 Å². The molecule has 9 heteroatoms. The first-order valence-corrected chi connectivity index (χ1v) is 9.74. The average molecular weight is 446 g/mol. The van der Waals surface area contributed by atoms with Crippen LogP contribution >= 0.6 is 11.6 Å². The second-order valence-electron chi connectivity index (χ2n) is 7.55. The Bertz CT molecular complexity index is 878. The summed E-state index contributed by atoms with van der Waals surface area (Å²) in [5.74, 6) is 0. The fourth-order valence-electron chi connectivity index (χ4n) is 3.92. The van der Waals surface area contributed by atoms with Gasteiger partial charge < -0.3 is 20.4 Å². The van der Waals surface area contributed by atoms with Gasteiger partial charge in [-0.25, -0.2) is 0 Å². The fraction of sp³-hybridized carbons (Fsp3) is 0.429. The summed E-state index contributed by atoms with van der Waals surface area (Å²) in [7, 11) is 1.62. The van der Waals surface area contributed by atoms with Crippen molar-refractivity contribution in [3.63, 3.8) is 0 Å². The summed E-state index contributed by atoms with van der Waals surface area (Å²) in [5, 5.41) is 40.8. The van der Waals surface area contributed by atoms with Crippen molar-refractivity contribution in [2.24, 2.45) is 0 Å². The second kappa shape index (κ2) is 8.82. The molecule has 0 bridgehead atoms. The van der Waals surface area contributed by atoms with Crippen LogP contribution in [0, 0.1) is 0 Å². The Balaban J connectivity index is 1.89. The summed E-state index contributed by atoms with van der Waals surface area (Å²) in [6.45, 7) is -0.413. The quantitative estimate of drug-likeness (QED) is 0.581. The van der Waals surface area contributed by atoms with E-state index in [1.54, 1.807) is 30.1 Å². The molecule has 0 radical (unpaired) electrons. The minimum absolute atomic E-state index is 0.270. The number of piperidine rings is 1. The highest BCUT2D eigenvalue weighted by molar-refractivity contribution is 6.31. The van der Waals surface area contributed by atoms with Crippen molar-refractivity contribution < 1.29 is 33.6 Å². The van der Waals surface area contributed by atoms with Crippen LogP contribution in [0.4, 0.5) is 13.2 Å². The maximum absolute atomic E-state index is 12.8. The Labute approximate surface area is 177 Å². The SMILES string of the molecule is CN1[C@H](CO)[C@@H](O)[C@H](O)[C@@H](O)[C@@H]1c1ccc(Cl)c(Cc2ccc(C(F)(F)F)cc2)c1. The molecule has 30 heavy (non-hydrogen) atoms. The van der Waals surface area contributed by atoms with E-state index in [-0.39, 0.29) is 6.42 Å². The van der Waals surface area contributed by atoms with Crippen molar-refractivity contribution in [2.45, 2.75) is 43.0 Å². The van der Waals surface area contributed by atoms with Crippen LogP contribution in [-0.2, 0) is 12.6 Å². The van der Waals surface area contributed by atoms with Gasteiger partial charge in [-0.2, -0.15) is 13.2 Å². The Morgan fingerprint density at radius 1 is 0.967 bits per heavy atom. The van der Waals surface area contributed by atoms with Gasteiger partial charge in [-0.1, -0.05) is 35.9 Å². The largest absolute Gasteiger partial charge is 0.416 e. The van der Waals surface area contributed by atoms with E-state index < -0.39 is 48.7 Å². The molecule has 0 unspecified atom stereocenters. The molecule has 1 saturated heterocycles. The molecule has 5 atom stereocenters. The molecule has 0 aliphatic carbocycles. The average Bonchev–Trinajstić information content (AvgIpc) is 2.69. The number of benzene rings is 2. The van der Waals surface area contributed by atoms with Crippen molar-refractivity contribution in [2.75, 3.05) is 13.7 Å². The first-order valence-electron chi connectivity index (χ1n) is 9.36. The minimum atomic E-state index is -4.41. The lowest BCUT2D eigenvalue weighted by atomic mass is 9.84. The number of aliphatic hydroxyl groups excluding tert-OH is 4. The smallest absolute Gasteiger partial charge is 0.395 e. The van der Waals surface area contributed by atoms with Crippen LogP contribution in [0.25, 0.3) is 0 Å². The number of hydrogen-bond acceptors (Lipinski definition) is 5. The fourth-order valence-corrected chi connectivity index (χ4v) is 4.10. The summed E-state index contributed by atoms with van der Waals surface area (Å²) in [4.78, 5) is 1.59. The monoisotopic (exact) mass is 445 g/mol. The van der Waals surface area contributed by atoms with E-state index in [2.05, 4.69) is 0 Å². The molecule has 1 heterocycles. The molecule has 0 aromatic heterocycles. The van der Waals surface area contributed by atoms with Gasteiger partial charge in [0.25, 0.3) is 0 Å². The number of alkyl halides is 3. The molecule has 1 aliphatic rings. The van der Waals surface area contributed by atoms with Crippen molar-refractivity contribution >= 4 is 11.6 Å². The van der Waals surface area contributed by atoms with E-state index in [0.29, 0.717) is 21.7 Å². The van der Waals surface area contributed by atoms with Crippen LogP contribution < -0.4 is 0 Å². The summed E-state index contributed by atoms with van der Waals surface area (Å²) in [6, 6.07) is 8.29. The van der Waals surface area contributed by atoms with Gasteiger partial charge in [0.1, 0.15) is 18.3 Å². The lowest BCUT2D eigenvalue weighted by Crippen LogP contribution is -2.62. The number of nitrogens with zero attached hydrogens (tertiary/aromatic N) is 1. The lowest BCUT2D eigenvalue weighted by Gasteiger charge is -2.47. The van der Waals surface area contributed by atoms with Gasteiger partial charge in [-0.3, -0.25) is 4.90 Å². The van der Waals surface area contributed by atoms with Crippen LogP contribution in [0.1, 0.15) is 28.3 Å². The predicted octanol–water partition coefficient (Wildman–Crippen LogP) is 2.38.